The van der Waals surface area contributed by atoms with Gasteiger partial charge in [-0.3, -0.25) is 0 Å². The zero-order valence-corrected chi connectivity index (χ0v) is 12.0. The van der Waals surface area contributed by atoms with Crippen molar-refractivity contribution < 1.29 is 9.47 Å². The lowest BCUT2D eigenvalue weighted by atomic mass is 10.0. The van der Waals surface area contributed by atoms with Gasteiger partial charge in [0.1, 0.15) is 0 Å². The maximum Gasteiger partial charge on any atom is 0.188 e. The summed E-state index contributed by atoms with van der Waals surface area (Å²) in [5.74, 6) is -0.120. The lowest BCUT2D eigenvalue weighted by Gasteiger charge is -2.39. The molecule has 4 heteroatoms. The van der Waals surface area contributed by atoms with Crippen LogP contribution in [0.3, 0.4) is 0 Å². The Morgan fingerprint density at radius 3 is 2.06 bits per heavy atom. The van der Waals surface area contributed by atoms with E-state index in [1.807, 2.05) is 13.8 Å². The molecule has 0 amide bonds. The Balaban J connectivity index is 2.61. The van der Waals surface area contributed by atoms with Crippen molar-refractivity contribution in [3.05, 3.63) is 0 Å². The van der Waals surface area contributed by atoms with Crippen LogP contribution in [0.4, 0.5) is 0 Å². The van der Waals surface area contributed by atoms with Gasteiger partial charge in [-0.1, -0.05) is 38.7 Å². The van der Waals surface area contributed by atoms with Gasteiger partial charge in [0.2, 0.25) is 0 Å². The fourth-order valence-corrected chi connectivity index (χ4v) is 5.72. The third-order valence-corrected chi connectivity index (χ3v) is 7.31. The van der Waals surface area contributed by atoms with E-state index in [0.29, 0.717) is 18.8 Å². The minimum atomic E-state index is -1.92. The van der Waals surface area contributed by atoms with E-state index < -0.39 is 8.24 Å². The van der Waals surface area contributed by atoms with Gasteiger partial charge in [-0.05, 0) is 19.4 Å². The van der Waals surface area contributed by atoms with Crippen LogP contribution in [0, 0.1) is 0 Å². The monoisotopic (exact) mass is 245 g/mol. The third-order valence-electron chi connectivity index (χ3n) is 3.63. The van der Waals surface area contributed by atoms with E-state index in [0.717, 1.165) is 0 Å². The van der Waals surface area contributed by atoms with Crippen LogP contribution >= 0.6 is 0 Å². The molecule has 0 bridgehead atoms. The Hall–Kier alpha value is 0.0969. The van der Waals surface area contributed by atoms with Gasteiger partial charge in [-0.15, -0.1) is 0 Å². The summed E-state index contributed by atoms with van der Waals surface area (Å²) in [6.07, 6.45) is 6.57. The first kappa shape index (κ1) is 14.2. The molecule has 96 valence electrons. The molecule has 1 fully saturated rings. The molecule has 3 nitrogen and oxygen atoms in total. The summed E-state index contributed by atoms with van der Waals surface area (Å²) in [6, 6.07) is 0. The fraction of sp³-hybridized carbons (Fsp3) is 1.00. The minimum absolute atomic E-state index is 0.120. The molecule has 1 rings (SSSR count). The summed E-state index contributed by atoms with van der Waals surface area (Å²) in [7, 11) is -1.92. The zero-order valence-electron chi connectivity index (χ0n) is 11.0. The van der Waals surface area contributed by atoms with Crippen LogP contribution < -0.4 is 5.40 Å². The van der Waals surface area contributed by atoms with Crippen molar-refractivity contribution in [2.45, 2.75) is 64.0 Å². The Labute approximate surface area is 101 Å². The van der Waals surface area contributed by atoms with Crippen molar-refractivity contribution in [3.8, 4) is 0 Å². The van der Waals surface area contributed by atoms with E-state index in [1.54, 1.807) is 0 Å². The minimum Gasteiger partial charge on any atom is -0.355 e. The zero-order chi connectivity index (χ0) is 12.0. The van der Waals surface area contributed by atoms with Crippen LogP contribution in [-0.4, -0.2) is 27.4 Å². The quantitative estimate of drug-likeness (QED) is 0.578. The van der Waals surface area contributed by atoms with Crippen molar-refractivity contribution >= 4 is 8.24 Å². The summed E-state index contributed by atoms with van der Waals surface area (Å²) >= 11 is 0. The van der Waals surface area contributed by atoms with E-state index in [2.05, 4.69) is 6.55 Å². The first-order chi connectivity index (χ1) is 7.62. The largest absolute Gasteiger partial charge is 0.355 e. The highest BCUT2D eigenvalue weighted by atomic mass is 28.3. The highest BCUT2D eigenvalue weighted by Gasteiger charge is 2.42. The summed E-state index contributed by atoms with van der Waals surface area (Å²) in [5, 5.41) is 6.60. The van der Waals surface area contributed by atoms with Crippen molar-refractivity contribution in [2.24, 2.45) is 5.40 Å². The molecule has 0 spiro atoms. The van der Waals surface area contributed by atoms with Crippen LogP contribution in [-0.2, 0) is 9.47 Å². The molecule has 2 N–H and O–H groups in total. The fourth-order valence-electron chi connectivity index (χ4n) is 2.63. The number of hydrogen-bond donors (Lipinski definition) is 1. The van der Waals surface area contributed by atoms with Crippen molar-refractivity contribution in [1.29, 1.82) is 0 Å². The molecule has 0 radical (unpaired) electrons. The molecule has 1 atom stereocenters. The van der Waals surface area contributed by atoms with E-state index in [9.17, 15) is 0 Å². The lowest BCUT2D eigenvalue weighted by Crippen LogP contribution is -2.60. The van der Waals surface area contributed by atoms with E-state index in [4.69, 9.17) is 14.9 Å². The van der Waals surface area contributed by atoms with Gasteiger partial charge in [0.15, 0.2) is 14.1 Å². The van der Waals surface area contributed by atoms with Gasteiger partial charge in [0, 0.05) is 13.2 Å². The maximum atomic E-state index is 6.60. The topological polar surface area (TPSA) is 44.5 Å². The Kier molecular flexibility index (Phi) is 5.96. The van der Waals surface area contributed by atoms with Crippen molar-refractivity contribution in [2.75, 3.05) is 13.2 Å². The molecule has 1 saturated carbocycles. The normalized spacial score (nSPS) is 22.3. The van der Waals surface area contributed by atoms with Crippen molar-refractivity contribution in [1.82, 2.24) is 0 Å². The van der Waals surface area contributed by atoms with Gasteiger partial charge < -0.3 is 14.9 Å². The molecule has 0 aliphatic heterocycles. The Morgan fingerprint density at radius 2 is 1.62 bits per heavy atom. The van der Waals surface area contributed by atoms with E-state index >= 15 is 0 Å². The number of hydrogen-bond acceptors (Lipinski definition) is 3. The summed E-state index contributed by atoms with van der Waals surface area (Å²) in [6.45, 7) is 7.63. The molecule has 0 saturated heterocycles. The average Bonchev–Trinajstić information content (AvgIpc) is 2.30. The second-order valence-corrected chi connectivity index (χ2v) is 8.96. The van der Waals surface area contributed by atoms with E-state index in [1.165, 1.54) is 32.1 Å². The molecule has 16 heavy (non-hydrogen) atoms. The molecular formula is C12H27NO2Si. The van der Waals surface area contributed by atoms with Crippen LogP contribution in [0.2, 0.25) is 12.1 Å². The molecule has 0 aromatic heterocycles. The number of rotatable bonds is 6. The molecular weight excluding hydrogens is 218 g/mol. The second-order valence-electron chi connectivity index (χ2n) is 4.94. The number of ether oxygens (including phenoxy) is 2. The van der Waals surface area contributed by atoms with Gasteiger partial charge in [-0.2, -0.15) is 0 Å². The van der Waals surface area contributed by atoms with Crippen LogP contribution in [0.5, 0.6) is 0 Å². The SMILES string of the molecule is CCOC(OCC)[Si](C)(N)C1CCCCC1. The highest BCUT2D eigenvalue weighted by Crippen LogP contribution is 2.36. The number of nitrogens with two attached hydrogens (primary N) is 1. The molecule has 1 unspecified atom stereocenters. The first-order valence-corrected chi connectivity index (χ1v) is 9.38. The summed E-state index contributed by atoms with van der Waals surface area (Å²) in [5.41, 5.74) is 0.671. The molecule has 0 heterocycles. The smallest absolute Gasteiger partial charge is 0.188 e. The standard InChI is InChI=1S/C12H27NO2Si/c1-4-14-12(15-5-2)16(3,13)11-9-7-6-8-10-11/h11-12H,4-10,13H2,1-3H3. The first-order valence-electron chi connectivity index (χ1n) is 6.65. The van der Waals surface area contributed by atoms with Crippen LogP contribution in [0.1, 0.15) is 46.0 Å². The van der Waals surface area contributed by atoms with Crippen molar-refractivity contribution in [3.63, 3.8) is 0 Å². The average molecular weight is 245 g/mol. The highest BCUT2D eigenvalue weighted by molar-refractivity contribution is 6.77. The third kappa shape index (κ3) is 3.55. The Morgan fingerprint density at radius 1 is 1.12 bits per heavy atom. The summed E-state index contributed by atoms with van der Waals surface area (Å²) in [4.78, 5) is 0. The predicted octanol–water partition coefficient (Wildman–Crippen LogP) is 2.79. The second kappa shape index (κ2) is 6.74. The molecule has 1 aliphatic carbocycles. The molecule has 1 aliphatic rings. The van der Waals surface area contributed by atoms with E-state index in [-0.39, 0.29) is 5.91 Å². The predicted molar refractivity (Wildman–Crippen MR) is 69.7 cm³/mol. The summed E-state index contributed by atoms with van der Waals surface area (Å²) < 4.78 is 11.4. The van der Waals surface area contributed by atoms with Crippen LogP contribution in [0.25, 0.3) is 0 Å². The van der Waals surface area contributed by atoms with Crippen LogP contribution in [0.15, 0.2) is 0 Å². The molecule has 0 aromatic rings. The van der Waals surface area contributed by atoms with Gasteiger partial charge >= 0.3 is 0 Å². The molecule has 0 aromatic carbocycles. The maximum absolute atomic E-state index is 6.60. The van der Waals surface area contributed by atoms with Gasteiger partial charge in [0.05, 0.1) is 0 Å². The van der Waals surface area contributed by atoms with Gasteiger partial charge in [0.25, 0.3) is 0 Å². The van der Waals surface area contributed by atoms with Gasteiger partial charge in [-0.25, -0.2) is 0 Å². The Bertz CT molecular complexity index is 187. The lowest BCUT2D eigenvalue weighted by molar-refractivity contribution is -0.0900.